The molecule has 7 saturated heterocycles. The summed E-state index contributed by atoms with van der Waals surface area (Å²) < 4.78 is 83.3. The van der Waals surface area contributed by atoms with Crippen LogP contribution in [0.3, 0.4) is 0 Å². The number of rotatable bonds is 64. The van der Waals surface area contributed by atoms with Crippen molar-refractivity contribution >= 4 is 23.6 Å². The zero-order valence-corrected chi connectivity index (χ0v) is 78.9. The lowest BCUT2D eigenvalue weighted by molar-refractivity contribution is -0.388. The average molecular weight is 1940 g/mol. The Morgan fingerprint density at radius 1 is 0.291 bits per heavy atom. The monoisotopic (exact) mass is 1940 g/mol. The molecule has 24 N–H and O–H groups in total. The molecule has 0 aliphatic carbocycles. The Balaban J connectivity index is 0.957. The first-order valence-electron chi connectivity index (χ1n) is 49.5. The molecule has 7 heterocycles. The van der Waals surface area contributed by atoms with Crippen LogP contribution >= 0.6 is 0 Å². The minimum Gasteiger partial charge on any atom is -0.394 e. The van der Waals surface area contributed by atoms with Crippen LogP contribution in [0.1, 0.15) is 266 Å². The number of hydrogen-bond acceptors (Lipinski definition) is 38. The van der Waals surface area contributed by atoms with Crippen LogP contribution in [0.25, 0.3) is 0 Å². The van der Waals surface area contributed by atoms with Gasteiger partial charge in [0, 0.05) is 27.2 Å². The number of amides is 4. The van der Waals surface area contributed by atoms with Crippen molar-refractivity contribution in [1.29, 1.82) is 0 Å². The Labute approximate surface area is 787 Å². The van der Waals surface area contributed by atoms with E-state index in [4.69, 9.17) is 66.3 Å². The van der Waals surface area contributed by atoms with Gasteiger partial charge < -0.3 is 190 Å². The van der Waals surface area contributed by atoms with Gasteiger partial charge in [0.1, 0.15) is 171 Å². The Kier molecular flexibility index (Phi) is 55.4. The van der Waals surface area contributed by atoms with Gasteiger partial charge in [-0.2, -0.15) is 0 Å². The van der Waals surface area contributed by atoms with E-state index in [0.717, 1.165) is 72.1 Å². The van der Waals surface area contributed by atoms with Gasteiger partial charge in [-0.05, 0) is 19.3 Å². The Hall–Kier alpha value is -3.74. The van der Waals surface area contributed by atoms with Gasteiger partial charge in [-0.1, -0.05) is 231 Å². The molecule has 42 heteroatoms. The van der Waals surface area contributed by atoms with Crippen LogP contribution in [0.2, 0.25) is 0 Å². The minimum absolute atomic E-state index is 0.163. The number of aliphatic hydroxyl groups excluding tert-OH is 20. The third-order valence-corrected chi connectivity index (χ3v) is 26.2. The molecule has 0 spiro atoms. The normalized spacial score (nSPS) is 36.5. The fourth-order valence-electron chi connectivity index (χ4n) is 18.4. The Morgan fingerprint density at radius 3 is 0.866 bits per heavy atom. The van der Waals surface area contributed by atoms with Gasteiger partial charge in [-0.25, -0.2) is 0 Å². The quantitative estimate of drug-likeness (QED) is 0.0248. The van der Waals surface area contributed by atoms with Gasteiger partial charge in [0.2, 0.25) is 23.6 Å². The summed E-state index contributed by atoms with van der Waals surface area (Å²) in [5.41, 5.74) is 0. The standard InChI is InChI=1S/C92H166N4O38/c1-6-8-10-12-14-16-18-20-21-22-23-24-25-26-27-28-29-31-33-35-37-39-41-43-64(108)96-55(56(107)42-40-38-36-34-32-30-19-17-15-13-11-9-7-2)51-121-89-76(117)75(116)82(63(50-103)128-89)131-92-79(120)85(71(112)60(47-100)125-92)134-88-67(95-54(5)106)74(115)81(62(49-102)127-88)130-91-78(119)84(70(111)59(46-99)124-91)133-87-66(94-53(4)105)73(114)80(61(48-101)126-87)129-90-77(118)83(69(110)58(45-98)123-90)132-86-65(93-52(3)104)72(113)68(109)57(44-97)122-86/h40,42,55-63,65-92,97-103,107,109-120H,6-39,41,43-51H2,1-5H3,(H,93,104)(H,94,105)(H,95,106)(H,96,108)/b42-40+/t55-,56+,57?,58?,59?,60?,61?,62?,63?,65?,66?,67?,68+,69-,70-,71-,72+,73+,74+,75+,76?,77?,78?,79?,80+,81+,82+,83-,84-,85-,86-,87-,88-,89+,90-,91-,92-/m0/s1. The summed E-state index contributed by atoms with van der Waals surface area (Å²) in [7, 11) is 0. The van der Waals surface area contributed by atoms with E-state index in [2.05, 4.69) is 35.1 Å². The summed E-state index contributed by atoms with van der Waals surface area (Å²) in [6, 6.07) is -6.46. The number of nitrogens with one attached hydrogen (secondary N) is 4. The molecule has 0 radical (unpaired) electrons. The molecule has 7 fully saturated rings. The van der Waals surface area contributed by atoms with Gasteiger partial charge in [-0.15, -0.1) is 0 Å². The number of unbranched alkanes of at least 4 members (excludes halogenated alkanes) is 33. The van der Waals surface area contributed by atoms with Crippen LogP contribution in [0.15, 0.2) is 12.2 Å². The molecule has 0 aromatic rings. The third-order valence-electron chi connectivity index (χ3n) is 26.2. The van der Waals surface area contributed by atoms with Crippen LogP contribution in [0.4, 0.5) is 0 Å². The molecule has 782 valence electrons. The van der Waals surface area contributed by atoms with Crippen molar-refractivity contribution in [2.24, 2.45) is 0 Å². The van der Waals surface area contributed by atoms with Crippen LogP contribution in [0.5, 0.6) is 0 Å². The van der Waals surface area contributed by atoms with Crippen molar-refractivity contribution in [2.45, 2.75) is 493 Å². The topological polar surface area (TPSA) is 650 Å². The molecular formula is C92H166N4O38. The van der Waals surface area contributed by atoms with E-state index < -0.39 is 297 Å². The van der Waals surface area contributed by atoms with Gasteiger partial charge in [0.25, 0.3) is 0 Å². The summed E-state index contributed by atoms with van der Waals surface area (Å²) >= 11 is 0. The van der Waals surface area contributed by atoms with Gasteiger partial charge in [0.05, 0.1) is 65.0 Å². The first-order valence-corrected chi connectivity index (χ1v) is 49.5. The predicted molar refractivity (Wildman–Crippen MR) is 475 cm³/mol. The fraction of sp³-hybridized carbons (Fsp3) is 0.935. The van der Waals surface area contributed by atoms with E-state index in [1.807, 2.05) is 6.08 Å². The number of hydrogen-bond donors (Lipinski definition) is 24. The second-order valence-electron chi connectivity index (χ2n) is 37.0. The summed E-state index contributed by atoms with van der Waals surface area (Å²) in [5.74, 6) is -2.91. The molecule has 0 aromatic heterocycles. The summed E-state index contributed by atoms with van der Waals surface area (Å²) in [6.45, 7) is -0.189. The fourth-order valence-corrected chi connectivity index (χ4v) is 18.4. The van der Waals surface area contributed by atoms with Gasteiger partial charge >= 0.3 is 0 Å². The van der Waals surface area contributed by atoms with Crippen molar-refractivity contribution in [1.82, 2.24) is 21.3 Å². The van der Waals surface area contributed by atoms with Crippen molar-refractivity contribution in [3.05, 3.63) is 12.2 Å². The van der Waals surface area contributed by atoms with E-state index >= 15 is 0 Å². The van der Waals surface area contributed by atoms with E-state index in [0.29, 0.717) is 12.8 Å². The molecule has 42 nitrogen and oxygen atoms in total. The lowest BCUT2D eigenvalue weighted by atomic mass is 9.93. The second kappa shape index (κ2) is 63.3. The van der Waals surface area contributed by atoms with Crippen molar-refractivity contribution in [3.8, 4) is 0 Å². The van der Waals surface area contributed by atoms with E-state index in [1.165, 1.54) is 161 Å². The highest BCUT2D eigenvalue weighted by Crippen LogP contribution is 2.39. The molecule has 37 atom stereocenters. The highest BCUT2D eigenvalue weighted by molar-refractivity contribution is 5.76. The zero-order valence-electron chi connectivity index (χ0n) is 78.9. The highest BCUT2D eigenvalue weighted by Gasteiger charge is 2.60. The van der Waals surface area contributed by atoms with Crippen LogP contribution < -0.4 is 21.3 Å². The molecule has 134 heavy (non-hydrogen) atoms. The lowest BCUT2D eigenvalue weighted by Gasteiger charge is -2.51. The van der Waals surface area contributed by atoms with Crippen molar-refractivity contribution < 1.29 is 188 Å². The Bertz CT molecular complexity index is 3210. The molecule has 0 aromatic carbocycles. The van der Waals surface area contributed by atoms with Crippen LogP contribution in [-0.2, 0) is 85.5 Å². The van der Waals surface area contributed by atoms with Gasteiger partial charge in [0.15, 0.2) is 44.0 Å². The second-order valence-corrected chi connectivity index (χ2v) is 37.0. The number of aliphatic hydroxyl groups is 20. The molecule has 7 aliphatic heterocycles. The maximum atomic E-state index is 13.7. The smallest absolute Gasteiger partial charge is 0.220 e. The molecule has 14 unspecified atom stereocenters. The molecule has 0 saturated carbocycles. The number of carbonyl (C=O) groups is 4. The molecule has 7 aliphatic rings. The largest absolute Gasteiger partial charge is 0.394 e. The maximum Gasteiger partial charge on any atom is 0.220 e. The van der Waals surface area contributed by atoms with E-state index in [-0.39, 0.29) is 12.3 Å². The Morgan fingerprint density at radius 2 is 0.552 bits per heavy atom. The lowest BCUT2D eigenvalue weighted by Crippen LogP contribution is -2.71. The van der Waals surface area contributed by atoms with Crippen LogP contribution in [-0.4, -0.2) is 406 Å². The van der Waals surface area contributed by atoms with Crippen molar-refractivity contribution in [3.63, 3.8) is 0 Å². The van der Waals surface area contributed by atoms with Crippen molar-refractivity contribution in [2.75, 3.05) is 52.9 Å². The summed E-state index contributed by atoms with van der Waals surface area (Å²) in [6.07, 6.45) is -18.8. The zero-order chi connectivity index (χ0) is 97.9. The summed E-state index contributed by atoms with van der Waals surface area (Å²) in [4.78, 5) is 51.9. The van der Waals surface area contributed by atoms with Crippen LogP contribution in [0, 0.1) is 0 Å². The van der Waals surface area contributed by atoms with Gasteiger partial charge in [-0.3, -0.25) is 19.2 Å². The predicted octanol–water partition coefficient (Wildman–Crippen LogP) is -1.34. The first kappa shape index (κ1) is 117. The number of ether oxygens (including phenoxy) is 14. The average Bonchev–Trinajstić information content (AvgIpc) is 0.766. The molecule has 4 amide bonds. The SMILES string of the molecule is CCCCCCCCCCCCC/C=C/[C@@H](O)[C@H](CO[C@@H]1OC(CO)[C@@H](O[C@@H]2OC(CO)[C@H](O)[C@H](O[C@@H]3OC(CO)[C@@H](O[C@@H]4OC(CO)[C@H](O)[C@H](O[C@@H]5OC(CO)[C@@H](O[C@@H]6OC(CO)[C@H](O)[C@H](O[C@@H]7OC(CO)[C@@H](O)[C@H](O)C7NC(C)=O)C6O)[C@H](O)C5NC(C)=O)C4O)[C@H](O)C3NC(C)=O)C2O)[C@H](O)C1O)NC(=O)CCCCCCCCCCCCCCCCCCCCCCCCC. The highest BCUT2D eigenvalue weighted by atomic mass is 16.8. The maximum absolute atomic E-state index is 13.7. The minimum atomic E-state index is -2.31. The summed E-state index contributed by atoms with van der Waals surface area (Å²) in [5, 5.41) is 236. The number of carbonyl (C=O) groups excluding carboxylic acids is 4. The molecule has 0 bridgehead atoms. The van der Waals surface area contributed by atoms with E-state index in [9.17, 15) is 121 Å². The molecular weight excluding hydrogens is 1770 g/mol. The molecule has 7 rings (SSSR count). The number of allylic oxidation sites excluding steroid dienone is 1. The van der Waals surface area contributed by atoms with E-state index in [1.54, 1.807) is 6.08 Å². The first-order chi connectivity index (χ1) is 64.4. The third kappa shape index (κ3) is 36.3.